The Kier molecular flexibility index (Phi) is 1.98. The summed E-state index contributed by atoms with van der Waals surface area (Å²) in [5.41, 5.74) is 8.45. The van der Waals surface area contributed by atoms with Crippen molar-refractivity contribution in [3.05, 3.63) is 29.3 Å². The van der Waals surface area contributed by atoms with Gasteiger partial charge >= 0.3 is 0 Å². The zero-order valence-electron chi connectivity index (χ0n) is 7.19. The third kappa shape index (κ3) is 1.67. The predicted molar refractivity (Wildman–Crippen MR) is 54.5 cm³/mol. The Hall–Kier alpha value is -1.42. The van der Waals surface area contributed by atoms with Gasteiger partial charge in [0, 0.05) is 11.6 Å². The first kappa shape index (κ1) is 8.19. The summed E-state index contributed by atoms with van der Waals surface area (Å²) in [5, 5.41) is 2.50. The Morgan fingerprint density at radius 2 is 2.23 bits per heavy atom. The van der Waals surface area contributed by atoms with E-state index < -0.39 is 0 Å². The smallest absolute Gasteiger partial charge is 0.180 e. The number of anilines is 1. The highest BCUT2D eigenvalue weighted by atomic mass is 32.1. The second-order valence-electron chi connectivity index (χ2n) is 2.79. The van der Waals surface area contributed by atoms with E-state index in [-0.39, 0.29) is 0 Å². The number of hydrogen-bond acceptors (Lipinski definition) is 4. The van der Waals surface area contributed by atoms with Gasteiger partial charge in [-0.15, -0.1) is 11.3 Å². The van der Waals surface area contributed by atoms with Crippen molar-refractivity contribution in [2.24, 2.45) is 0 Å². The second-order valence-corrected chi connectivity index (χ2v) is 3.68. The summed E-state index contributed by atoms with van der Waals surface area (Å²) < 4.78 is 0. The SMILES string of the molecule is Cc1ccnc(-c2csc(N)n2)c1. The first-order valence-electron chi connectivity index (χ1n) is 3.90. The van der Waals surface area contributed by atoms with Crippen LogP contribution in [0.1, 0.15) is 5.56 Å². The van der Waals surface area contributed by atoms with E-state index in [1.54, 1.807) is 6.20 Å². The molecule has 2 aromatic heterocycles. The number of nitrogen functional groups attached to an aromatic ring is 1. The van der Waals surface area contributed by atoms with Crippen molar-refractivity contribution in [1.82, 2.24) is 9.97 Å². The number of aryl methyl sites for hydroxylation is 1. The molecule has 0 saturated heterocycles. The first-order chi connectivity index (χ1) is 6.25. The average molecular weight is 191 g/mol. The predicted octanol–water partition coefficient (Wildman–Crippen LogP) is 2.10. The lowest BCUT2D eigenvalue weighted by Gasteiger charge is -1.95. The van der Waals surface area contributed by atoms with Gasteiger partial charge < -0.3 is 5.73 Å². The number of nitrogens with two attached hydrogens (primary N) is 1. The second kappa shape index (κ2) is 3.14. The maximum absolute atomic E-state index is 5.53. The minimum absolute atomic E-state index is 0.582. The van der Waals surface area contributed by atoms with Gasteiger partial charge in [0.1, 0.15) is 5.69 Å². The van der Waals surface area contributed by atoms with Crippen LogP contribution in [0.5, 0.6) is 0 Å². The molecule has 2 aromatic rings. The van der Waals surface area contributed by atoms with E-state index in [2.05, 4.69) is 9.97 Å². The van der Waals surface area contributed by atoms with Crippen LogP contribution in [0.25, 0.3) is 11.4 Å². The van der Waals surface area contributed by atoms with E-state index in [1.165, 1.54) is 16.9 Å². The fraction of sp³-hybridized carbons (Fsp3) is 0.111. The molecule has 4 heteroatoms. The van der Waals surface area contributed by atoms with Crippen molar-refractivity contribution in [2.45, 2.75) is 6.92 Å². The van der Waals surface area contributed by atoms with Crippen LogP contribution in [0, 0.1) is 6.92 Å². The van der Waals surface area contributed by atoms with Crippen LogP contribution >= 0.6 is 11.3 Å². The Morgan fingerprint density at radius 3 is 2.85 bits per heavy atom. The summed E-state index contributed by atoms with van der Waals surface area (Å²) in [6.45, 7) is 2.03. The molecule has 0 saturated carbocycles. The van der Waals surface area contributed by atoms with Crippen LogP contribution in [0.4, 0.5) is 5.13 Å². The van der Waals surface area contributed by atoms with Crippen molar-refractivity contribution in [2.75, 3.05) is 5.73 Å². The molecule has 0 bridgehead atoms. The lowest BCUT2D eigenvalue weighted by Crippen LogP contribution is -1.86. The molecule has 0 radical (unpaired) electrons. The van der Waals surface area contributed by atoms with Gasteiger partial charge in [-0.05, 0) is 24.6 Å². The molecule has 0 atom stereocenters. The topological polar surface area (TPSA) is 51.8 Å². The monoisotopic (exact) mass is 191 g/mol. The van der Waals surface area contributed by atoms with Gasteiger partial charge in [-0.3, -0.25) is 4.98 Å². The molecule has 0 aliphatic rings. The Balaban J connectivity index is 2.46. The molecule has 0 aromatic carbocycles. The van der Waals surface area contributed by atoms with Gasteiger partial charge in [0.15, 0.2) is 5.13 Å². The van der Waals surface area contributed by atoms with Crippen LogP contribution in [0.2, 0.25) is 0 Å². The van der Waals surface area contributed by atoms with Crippen molar-refractivity contribution < 1.29 is 0 Å². The first-order valence-corrected chi connectivity index (χ1v) is 4.78. The summed E-state index contributed by atoms with van der Waals surface area (Å²) in [6.07, 6.45) is 1.78. The van der Waals surface area contributed by atoms with Gasteiger partial charge in [-0.25, -0.2) is 4.98 Å². The fourth-order valence-electron chi connectivity index (χ4n) is 1.08. The molecule has 3 nitrogen and oxygen atoms in total. The number of nitrogens with zero attached hydrogens (tertiary/aromatic N) is 2. The minimum Gasteiger partial charge on any atom is -0.375 e. The van der Waals surface area contributed by atoms with E-state index in [0.717, 1.165) is 11.4 Å². The number of rotatable bonds is 1. The van der Waals surface area contributed by atoms with Crippen molar-refractivity contribution in [3.8, 4) is 11.4 Å². The molecular formula is C9H9N3S. The molecule has 0 amide bonds. The zero-order chi connectivity index (χ0) is 9.26. The van der Waals surface area contributed by atoms with Gasteiger partial charge in [-0.1, -0.05) is 0 Å². The standard InChI is InChI=1S/C9H9N3S/c1-6-2-3-11-7(4-6)8-5-13-9(10)12-8/h2-5H,1H3,(H2,10,12). The summed E-state index contributed by atoms with van der Waals surface area (Å²) in [5.74, 6) is 0. The quantitative estimate of drug-likeness (QED) is 0.751. The zero-order valence-corrected chi connectivity index (χ0v) is 8.01. The minimum atomic E-state index is 0.582. The summed E-state index contributed by atoms with van der Waals surface area (Å²) >= 11 is 1.43. The van der Waals surface area contributed by atoms with E-state index in [4.69, 9.17) is 5.73 Å². The molecule has 0 aliphatic carbocycles. The average Bonchev–Trinajstić information content (AvgIpc) is 2.52. The van der Waals surface area contributed by atoms with E-state index in [9.17, 15) is 0 Å². The Morgan fingerprint density at radius 1 is 1.38 bits per heavy atom. The van der Waals surface area contributed by atoms with Crippen molar-refractivity contribution in [3.63, 3.8) is 0 Å². The molecule has 0 unspecified atom stereocenters. The molecule has 13 heavy (non-hydrogen) atoms. The number of hydrogen-bond donors (Lipinski definition) is 1. The maximum Gasteiger partial charge on any atom is 0.180 e. The molecule has 66 valence electrons. The summed E-state index contributed by atoms with van der Waals surface area (Å²) in [6, 6.07) is 3.95. The van der Waals surface area contributed by atoms with Crippen molar-refractivity contribution >= 4 is 16.5 Å². The number of pyridine rings is 1. The molecule has 2 heterocycles. The van der Waals surface area contributed by atoms with Crippen molar-refractivity contribution in [1.29, 1.82) is 0 Å². The van der Waals surface area contributed by atoms with Gasteiger partial charge in [-0.2, -0.15) is 0 Å². The highest BCUT2D eigenvalue weighted by Crippen LogP contribution is 2.21. The number of aromatic nitrogens is 2. The largest absolute Gasteiger partial charge is 0.375 e. The van der Waals surface area contributed by atoms with Crippen LogP contribution < -0.4 is 5.73 Å². The van der Waals surface area contributed by atoms with Gasteiger partial charge in [0.2, 0.25) is 0 Å². The van der Waals surface area contributed by atoms with E-state index >= 15 is 0 Å². The Bertz CT molecular complexity index is 422. The molecule has 0 aliphatic heterocycles. The van der Waals surface area contributed by atoms with Crippen LogP contribution in [-0.2, 0) is 0 Å². The van der Waals surface area contributed by atoms with E-state index in [0.29, 0.717) is 5.13 Å². The molecule has 0 fully saturated rings. The molecule has 2 N–H and O–H groups in total. The highest BCUT2D eigenvalue weighted by Gasteiger charge is 2.02. The van der Waals surface area contributed by atoms with Gasteiger partial charge in [0.25, 0.3) is 0 Å². The van der Waals surface area contributed by atoms with Gasteiger partial charge in [0.05, 0.1) is 5.69 Å². The Labute approximate surface area is 80.3 Å². The van der Waals surface area contributed by atoms with E-state index in [1.807, 2.05) is 24.4 Å². The highest BCUT2D eigenvalue weighted by molar-refractivity contribution is 7.13. The molecule has 2 rings (SSSR count). The fourth-order valence-corrected chi connectivity index (χ4v) is 1.64. The van der Waals surface area contributed by atoms with Crippen LogP contribution in [0.3, 0.4) is 0 Å². The third-order valence-corrected chi connectivity index (χ3v) is 2.37. The summed E-state index contributed by atoms with van der Waals surface area (Å²) in [4.78, 5) is 8.37. The summed E-state index contributed by atoms with van der Waals surface area (Å²) in [7, 11) is 0. The van der Waals surface area contributed by atoms with Crippen LogP contribution in [-0.4, -0.2) is 9.97 Å². The number of thiazole rings is 1. The van der Waals surface area contributed by atoms with Crippen LogP contribution in [0.15, 0.2) is 23.7 Å². The normalized spacial score (nSPS) is 10.2. The lowest BCUT2D eigenvalue weighted by molar-refractivity contribution is 1.25. The maximum atomic E-state index is 5.53. The lowest BCUT2D eigenvalue weighted by atomic mass is 10.2. The molecule has 0 spiro atoms. The molecular weight excluding hydrogens is 182 g/mol. The third-order valence-electron chi connectivity index (χ3n) is 1.70.